The van der Waals surface area contributed by atoms with Gasteiger partial charge in [0.25, 0.3) is 0 Å². The predicted molar refractivity (Wildman–Crippen MR) is 66.0 cm³/mol. The van der Waals surface area contributed by atoms with Gasteiger partial charge in [-0.25, -0.2) is 4.79 Å². The Morgan fingerprint density at radius 2 is 1.85 bits per heavy atom. The highest BCUT2D eigenvalue weighted by molar-refractivity contribution is 5.96. The Hall–Kier alpha value is -2.37. The van der Waals surface area contributed by atoms with Crippen molar-refractivity contribution in [2.24, 2.45) is 0 Å². The number of hydrogen-bond acceptors (Lipinski definition) is 3. The van der Waals surface area contributed by atoms with Crippen LogP contribution in [0.5, 0.6) is 0 Å². The van der Waals surface area contributed by atoms with Gasteiger partial charge in [-0.1, -0.05) is 18.2 Å². The van der Waals surface area contributed by atoms with Crippen molar-refractivity contribution in [2.45, 2.75) is 6.18 Å². The third kappa shape index (κ3) is 2.64. The Balaban J connectivity index is 2.67. The summed E-state index contributed by atoms with van der Waals surface area (Å²) in [6.07, 6.45) is -3.20. The van der Waals surface area contributed by atoms with Crippen LogP contribution in [0.25, 0.3) is 11.3 Å². The van der Waals surface area contributed by atoms with Crippen LogP contribution >= 0.6 is 0 Å². The van der Waals surface area contributed by atoms with E-state index in [-0.39, 0.29) is 16.8 Å². The van der Waals surface area contributed by atoms with E-state index in [1.807, 2.05) is 0 Å². The molecule has 1 heterocycles. The van der Waals surface area contributed by atoms with Crippen molar-refractivity contribution in [3.63, 3.8) is 0 Å². The Bertz CT molecular complexity index is 638. The maximum Gasteiger partial charge on any atom is 0.417 e. The highest BCUT2D eigenvalue weighted by Gasteiger charge is 2.34. The van der Waals surface area contributed by atoms with Crippen molar-refractivity contribution < 1.29 is 22.7 Å². The number of carbonyl (C=O) groups is 1. The number of halogens is 3. The molecule has 2 aromatic rings. The average molecular weight is 281 g/mol. The lowest BCUT2D eigenvalue weighted by molar-refractivity contribution is -0.137. The summed E-state index contributed by atoms with van der Waals surface area (Å²) in [5.74, 6) is -0.731. The summed E-state index contributed by atoms with van der Waals surface area (Å²) in [7, 11) is 1.16. The van der Waals surface area contributed by atoms with Crippen LogP contribution in [0.1, 0.15) is 15.9 Å². The fourth-order valence-electron chi connectivity index (χ4n) is 1.83. The molecule has 0 aliphatic carbocycles. The fourth-order valence-corrected chi connectivity index (χ4v) is 1.83. The van der Waals surface area contributed by atoms with E-state index in [1.54, 1.807) is 0 Å². The first-order valence-corrected chi connectivity index (χ1v) is 5.65. The molecular weight excluding hydrogens is 271 g/mol. The number of carbonyl (C=O) groups excluding carboxylic acids is 1. The van der Waals surface area contributed by atoms with E-state index in [2.05, 4.69) is 9.72 Å². The van der Waals surface area contributed by atoms with Gasteiger partial charge in [0.05, 0.1) is 23.9 Å². The number of ether oxygens (including phenoxy) is 1. The molecule has 0 saturated carbocycles. The molecule has 2 rings (SSSR count). The van der Waals surface area contributed by atoms with Crippen molar-refractivity contribution in [1.29, 1.82) is 0 Å². The number of methoxy groups -OCH3 is 1. The number of alkyl halides is 3. The third-order valence-corrected chi connectivity index (χ3v) is 2.70. The van der Waals surface area contributed by atoms with Gasteiger partial charge < -0.3 is 4.74 Å². The Labute approximate surface area is 113 Å². The number of aromatic nitrogens is 1. The lowest BCUT2D eigenvalue weighted by Gasteiger charge is -2.13. The molecule has 0 aliphatic rings. The molecule has 104 valence electrons. The zero-order chi connectivity index (χ0) is 14.8. The van der Waals surface area contributed by atoms with Crippen molar-refractivity contribution in [3.05, 3.63) is 53.7 Å². The average Bonchev–Trinajstić information content (AvgIpc) is 2.45. The highest BCUT2D eigenvalue weighted by Crippen LogP contribution is 2.37. The van der Waals surface area contributed by atoms with E-state index in [0.29, 0.717) is 0 Å². The van der Waals surface area contributed by atoms with Gasteiger partial charge in [-0.15, -0.1) is 0 Å². The number of rotatable bonds is 2. The van der Waals surface area contributed by atoms with Gasteiger partial charge in [-0.05, 0) is 18.2 Å². The molecular formula is C14H10F3NO2. The fraction of sp³-hybridized carbons (Fsp3) is 0.143. The first-order valence-electron chi connectivity index (χ1n) is 5.65. The molecule has 0 atom stereocenters. The smallest absolute Gasteiger partial charge is 0.417 e. The number of pyridine rings is 1. The molecule has 0 unspecified atom stereocenters. The lowest BCUT2D eigenvalue weighted by atomic mass is 10.00. The number of nitrogens with zero attached hydrogens (tertiary/aromatic N) is 1. The predicted octanol–water partition coefficient (Wildman–Crippen LogP) is 3.55. The molecule has 0 amide bonds. The van der Waals surface area contributed by atoms with E-state index >= 15 is 0 Å². The minimum atomic E-state index is -4.53. The summed E-state index contributed by atoms with van der Waals surface area (Å²) in [5.41, 5.74) is -1.05. The molecule has 1 aromatic carbocycles. The number of esters is 1. The first kappa shape index (κ1) is 14.0. The second-order valence-corrected chi connectivity index (χ2v) is 3.93. The van der Waals surface area contributed by atoms with E-state index < -0.39 is 17.7 Å². The standard InChI is InChI=1S/C14H10F3NO2/c1-20-13(19)10-6-4-8-18-12(10)9-5-2-3-7-11(9)14(15,16)17/h2-8H,1H3. The largest absolute Gasteiger partial charge is 0.465 e. The van der Waals surface area contributed by atoms with Gasteiger partial charge in [0.1, 0.15) is 0 Å². The SMILES string of the molecule is COC(=O)c1cccnc1-c1ccccc1C(F)(F)F. The van der Waals surface area contributed by atoms with Crippen molar-refractivity contribution >= 4 is 5.97 Å². The minimum Gasteiger partial charge on any atom is -0.465 e. The van der Waals surface area contributed by atoms with Crippen molar-refractivity contribution in [2.75, 3.05) is 7.11 Å². The maximum absolute atomic E-state index is 13.0. The molecule has 1 aromatic heterocycles. The Kier molecular flexibility index (Phi) is 3.74. The monoisotopic (exact) mass is 281 g/mol. The summed E-state index contributed by atoms with van der Waals surface area (Å²) in [4.78, 5) is 15.5. The zero-order valence-electron chi connectivity index (χ0n) is 10.4. The zero-order valence-corrected chi connectivity index (χ0v) is 10.4. The summed E-state index contributed by atoms with van der Waals surface area (Å²) in [6, 6.07) is 7.81. The van der Waals surface area contributed by atoms with Crippen LogP contribution in [-0.4, -0.2) is 18.1 Å². The molecule has 0 aliphatic heterocycles. The van der Waals surface area contributed by atoms with Gasteiger partial charge in [0.15, 0.2) is 0 Å². The molecule has 0 N–H and O–H groups in total. The Morgan fingerprint density at radius 3 is 2.50 bits per heavy atom. The molecule has 0 radical (unpaired) electrons. The van der Waals surface area contributed by atoms with Crippen molar-refractivity contribution in [1.82, 2.24) is 4.98 Å². The molecule has 20 heavy (non-hydrogen) atoms. The van der Waals surface area contributed by atoms with Crippen LogP contribution in [0, 0.1) is 0 Å². The van der Waals surface area contributed by atoms with E-state index in [0.717, 1.165) is 13.2 Å². The van der Waals surface area contributed by atoms with E-state index in [1.165, 1.54) is 36.5 Å². The van der Waals surface area contributed by atoms with Gasteiger partial charge in [0, 0.05) is 11.8 Å². The second-order valence-electron chi connectivity index (χ2n) is 3.93. The normalized spacial score (nSPS) is 11.2. The van der Waals surface area contributed by atoms with Gasteiger partial charge in [-0.2, -0.15) is 13.2 Å². The van der Waals surface area contributed by atoms with Crippen LogP contribution in [0.4, 0.5) is 13.2 Å². The van der Waals surface area contributed by atoms with Crippen LogP contribution in [-0.2, 0) is 10.9 Å². The molecule has 6 heteroatoms. The molecule has 0 bridgehead atoms. The Morgan fingerprint density at radius 1 is 1.15 bits per heavy atom. The summed E-state index contributed by atoms with van der Waals surface area (Å²) >= 11 is 0. The van der Waals surface area contributed by atoms with Crippen LogP contribution < -0.4 is 0 Å². The number of benzene rings is 1. The molecule has 0 saturated heterocycles. The number of hydrogen-bond donors (Lipinski definition) is 0. The molecule has 0 spiro atoms. The van der Waals surface area contributed by atoms with Gasteiger partial charge >= 0.3 is 12.1 Å². The van der Waals surface area contributed by atoms with Gasteiger partial charge in [0.2, 0.25) is 0 Å². The minimum absolute atomic E-state index is 0.00769. The first-order chi connectivity index (χ1) is 9.45. The topological polar surface area (TPSA) is 39.2 Å². The summed E-state index contributed by atoms with van der Waals surface area (Å²) < 4.78 is 43.6. The molecule has 3 nitrogen and oxygen atoms in total. The van der Waals surface area contributed by atoms with Crippen LogP contribution in [0.2, 0.25) is 0 Å². The summed E-state index contributed by atoms with van der Waals surface area (Å²) in [6.45, 7) is 0. The maximum atomic E-state index is 13.0. The van der Waals surface area contributed by atoms with E-state index in [4.69, 9.17) is 0 Å². The highest BCUT2D eigenvalue weighted by atomic mass is 19.4. The van der Waals surface area contributed by atoms with E-state index in [9.17, 15) is 18.0 Å². The quantitative estimate of drug-likeness (QED) is 0.790. The summed E-state index contributed by atoms with van der Waals surface area (Å²) in [5, 5.41) is 0. The van der Waals surface area contributed by atoms with Crippen LogP contribution in [0.3, 0.4) is 0 Å². The van der Waals surface area contributed by atoms with Crippen molar-refractivity contribution in [3.8, 4) is 11.3 Å². The lowest BCUT2D eigenvalue weighted by Crippen LogP contribution is -2.10. The second kappa shape index (κ2) is 5.32. The molecule has 0 fully saturated rings. The van der Waals surface area contributed by atoms with Gasteiger partial charge in [-0.3, -0.25) is 4.98 Å². The third-order valence-electron chi connectivity index (χ3n) is 2.70. The van der Waals surface area contributed by atoms with Crippen LogP contribution in [0.15, 0.2) is 42.6 Å².